The summed E-state index contributed by atoms with van der Waals surface area (Å²) < 4.78 is 42.4. The first kappa shape index (κ1) is 12.8. The normalized spacial score (nSPS) is 11.3. The summed E-state index contributed by atoms with van der Waals surface area (Å²) in [5.74, 6) is -3.84. The second-order valence-electron chi connectivity index (χ2n) is 4.32. The number of rotatable bonds is 1. The maximum atomic E-state index is 13.7. The molecule has 0 amide bonds. The number of aromatic nitrogens is 2. The lowest BCUT2D eigenvalue weighted by atomic mass is 10.1. The average molecular weight is 255 g/mol. The standard InChI is InChI=1S/C13H14F3N2/c1-5-8-7(3)17-12-11(16)10(15)9(14)6(2)13(12)18(8)4/h5H2,1-4H3/q+1. The van der Waals surface area contributed by atoms with Gasteiger partial charge in [-0.15, -0.1) is 0 Å². The SMILES string of the molecule is CCc1c(C)nc2c(F)c(F)c(F)c(C)c2[n+]1C. The van der Waals surface area contributed by atoms with E-state index in [-0.39, 0.29) is 11.1 Å². The third kappa shape index (κ3) is 1.57. The van der Waals surface area contributed by atoms with Crippen molar-refractivity contribution in [1.82, 2.24) is 4.98 Å². The van der Waals surface area contributed by atoms with E-state index in [2.05, 4.69) is 4.98 Å². The third-order valence-corrected chi connectivity index (χ3v) is 3.27. The highest BCUT2D eigenvalue weighted by Crippen LogP contribution is 2.24. The zero-order valence-electron chi connectivity index (χ0n) is 10.7. The lowest BCUT2D eigenvalue weighted by Gasteiger charge is -2.08. The van der Waals surface area contributed by atoms with E-state index in [1.165, 1.54) is 6.92 Å². The molecule has 1 heterocycles. The smallest absolute Gasteiger partial charge is 0.237 e. The summed E-state index contributed by atoms with van der Waals surface area (Å²) >= 11 is 0. The van der Waals surface area contributed by atoms with Crippen molar-refractivity contribution >= 4 is 11.0 Å². The molecule has 5 heteroatoms. The molecule has 0 N–H and O–H groups in total. The Morgan fingerprint density at radius 1 is 1.06 bits per heavy atom. The van der Waals surface area contributed by atoms with Crippen molar-refractivity contribution in [3.63, 3.8) is 0 Å². The van der Waals surface area contributed by atoms with Gasteiger partial charge >= 0.3 is 0 Å². The van der Waals surface area contributed by atoms with Crippen LogP contribution in [0.15, 0.2) is 0 Å². The van der Waals surface area contributed by atoms with Gasteiger partial charge in [-0.25, -0.2) is 18.2 Å². The summed E-state index contributed by atoms with van der Waals surface area (Å²) in [6, 6.07) is 0. The number of aryl methyl sites for hydroxylation is 3. The molecule has 1 aromatic carbocycles. The number of fused-ring (bicyclic) bond motifs is 1. The minimum atomic E-state index is -1.46. The lowest BCUT2D eigenvalue weighted by Crippen LogP contribution is -2.37. The Hall–Kier alpha value is -1.65. The van der Waals surface area contributed by atoms with E-state index >= 15 is 0 Å². The van der Waals surface area contributed by atoms with Gasteiger partial charge in [0.1, 0.15) is 12.7 Å². The fraction of sp³-hybridized carbons (Fsp3) is 0.385. The van der Waals surface area contributed by atoms with Gasteiger partial charge < -0.3 is 0 Å². The highest BCUT2D eigenvalue weighted by molar-refractivity contribution is 5.76. The molecule has 0 bridgehead atoms. The highest BCUT2D eigenvalue weighted by Gasteiger charge is 2.27. The Kier molecular flexibility index (Phi) is 3.00. The van der Waals surface area contributed by atoms with Gasteiger partial charge in [-0.1, -0.05) is 6.92 Å². The second-order valence-corrected chi connectivity index (χ2v) is 4.32. The summed E-state index contributed by atoms with van der Waals surface area (Å²) in [4.78, 5) is 4.07. The van der Waals surface area contributed by atoms with Crippen molar-refractivity contribution in [1.29, 1.82) is 0 Å². The molecular weight excluding hydrogens is 241 g/mol. The first-order valence-corrected chi connectivity index (χ1v) is 5.72. The van der Waals surface area contributed by atoms with Crippen LogP contribution in [0.4, 0.5) is 13.2 Å². The minimum Gasteiger partial charge on any atom is -0.237 e. The zero-order valence-corrected chi connectivity index (χ0v) is 10.7. The molecule has 2 rings (SSSR count). The van der Waals surface area contributed by atoms with E-state index in [4.69, 9.17) is 0 Å². The fourth-order valence-electron chi connectivity index (χ4n) is 2.37. The molecule has 0 saturated carbocycles. The van der Waals surface area contributed by atoms with Crippen LogP contribution in [0.25, 0.3) is 11.0 Å². The molecule has 0 fully saturated rings. The van der Waals surface area contributed by atoms with Crippen molar-refractivity contribution in [3.8, 4) is 0 Å². The quantitative estimate of drug-likeness (QED) is 0.565. The molecule has 0 radical (unpaired) electrons. The molecular formula is C13H14F3N2+. The number of halogens is 3. The van der Waals surface area contributed by atoms with Gasteiger partial charge in [-0.05, 0) is 13.8 Å². The monoisotopic (exact) mass is 255 g/mol. The molecule has 2 nitrogen and oxygen atoms in total. The Bertz CT molecular complexity index is 651. The Balaban J connectivity index is 3.07. The maximum absolute atomic E-state index is 13.7. The summed E-state index contributed by atoms with van der Waals surface area (Å²) in [5, 5.41) is 0. The van der Waals surface area contributed by atoms with Crippen LogP contribution in [0.1, 0.15) is 23.9 Å². The largest absolute Gasteiger partial charge is 0.240 e. The van der Waals surface area contributed by atoms with Crippen LogP contribution in [0.3, 0.4) is 0 Å². The van der Waals surface area contributed by atoms with Crippen molar-refractivity contribution in [2.45, 2.75) is 27.2 Å². The maximum Gasteiger partial charge on any atom is 0.240 e. The summed E-state index contributed by atoms with van der Waals surface area (Å²) in [6.07, 6.45) is 0.686. The van der Waals surface area contributed by atoms with Crippen molar-refractivity contribution in [3.05, 3.63) is 34.4 Å². The predicted molar refractivity (Wildman–Crippen MR) is 61.6 cm³/mol. The molecule has 0 aliphatic carbocycles. The molecule has 0 aliphatic rings. The van der Waals surface area contributed by atoms with E-state index < -0.39 is 17.5 Å². The van der Waals surface area contributed by atoms with E-state index in [0.29, 0.717) is 17.6 Å². The van der Waals surface area contributed by atoms with Crippen LogP contribution in [0.2, 0.25) is 0 Å². The van der Waals surface area contributed by atoms with Crippen LogP contribution >= 0.6 is 0 Å². The van der Waals surface area contributed by atoms with Gasteiger partial charge in [-0.3, -0.25) is 0 Å². The summed E-state index contributed by atoms with van der Waals surface area (Å²) in [7, 11) is 1.71. The number of nitrogens with zero attached hydrogens (tertiary/aromatic N) is 2. The van der Waals surface area contributed by atoms with Crippen molar-refractivity contribution in [2.75, 3.05) is 0 Å². The van der Waals surface area contributed by atoms with E-state index in [1.807, 2.05) is 6.92 Å². The van der Waals surface area contributed by atoms with Gasteiger partial charge in [0.2, 0.25) is 11.2 Å². The summed E-state index contributed by atoms with van der Waals surface area (Å²) in [6.45, 7) is 5.09. The van der Waals surface area contributed by atoms with E-state index in [9.17, 15) is 13.2 Å². The number of benzene rings is 1. The van der Waals surface area contributed by atoms with Gasteiger partial charge in [0.25, 0.3) is 0 Å². The Labute approximate surface area is 103 Å². The third-order valence-electron chi connectivity index (χ3n) is 3.27. The highest BCUT2D eigenvalue weighted by atomic mass is 19.2. The molecule has 1 aromatic heterocycles. The Morgan fingerprint density at radius 3 is 2.22 bits per heavy atom. The van der Waals surface area contributed by atoms with Crippen LogP contribution < -0.4 is 4.57 Å². The average Bonchev–Trinajstić information content (AvgIpc) is 2.33. The predicted octanol–water partition coefficient (Wildman–Crippen LogP) is 2.66. The van der Waals surface area contributed by atoms with Gasteiger partial charge in [0.15, 0.2) is 23.0 Å². The Morgan fingerprint density at radius 2 is 1.67 bits per heavy atom. The fourth-order valence-corrected chi connectivity index (χ4v) is 2.37. The molecule has 96 valence electrons. The van der Waals surface area contributed by atoms with Gasteiger partial charge in [0, 0.05) is 6.42 Å². The first-order chi connectivity index (χ1) is 8.40. The van der Waals surface area contributed by atoms with E-state index in [0.717, 1.165) is 5.69 Å². The summed E-state index contributed by atoms with van der Waals surface area (Å²) in [5.41, 5.74) is 1.75. The first-order valence-electron chi connectivity index (χ1n) is 5.72. The number of hydrogen-bond donors (Lipinski definition) is 0. The van der Waals surface area contributed by atoms with Gasteiger partial charge in [-0.2, -0.15) is 4.57 Å². The molecule has 0 unspecified atom stereocenters. The van der Waals surface area contributed by atoms with Crippen LogP contribution in [-0.2, 0) is 13.5 Å². The second kappa shape index (κ2) is 4.23. The number of hydrogen-bond acceptors (Lipinski definition) is 1. The molecule has 0 atom stereocenters. The molecule has 2 aromatic rings. The minimum absolute atomic E-state index is 0.0774. The topological polar surface area (TPSA) is 16.8 Å². The van der Waals surface area contributed by atoms with Crippen LogP contribution in [0, 0.1) is 31.3 Å². The molecule has 18 heavy (non-hydrogen) atoms. The van der Waals surface area contributed by atoms with Gasteiger partial charge in [0.05, 0.1) is 5.56 Å². The van der Waals surface area contributed by atoms with E-state index in [1.54, 1.807) is 18.5 Å². The molecule has 0 aliphatic heterocycles. The molecule has 0 saturated heterocycles. The molecule has 0 spiro atoms. The van der Waals surface area contributed by atoms with Crippen molar-refractivity contribution < 1.29 is 17.7 Å². The van der Waals surface area contributed by atoms with Crippen LogP contribution in [-0.4, -0.2) is 4.98 Å². The zero-order chi connectivity index (χ0) is 13.6. The lowest BCUT2D eigenvalue weighted by molar-refractivity contribution is -0.653. The van der Waals surface area contributed by atoms with Crippen molar-refractivity contribution in [2.24, 2.45) is 7.05 Å². The van der Waals surface area contributed by atoms with Crippen LogP contribution in [0.5, 0.6) is 0 Å².